The third-order valence-corrected chi connectivity index (χ3v) is 5.96. The first kappa shape index (κ1) is 25.2. The highest BCUT2D eigenvalue weighted by Gasteiger charge is 2.30. The average Bonchev–Trinajstić information content (AvgIpc) is 2.94. The minimum atomic E-state index is -4.45. The molecule has 5 rings (SSSR count). The quantitative estimate of drug-likeness (QED) is 0.308. The van der Waals surface area contributed by atoms with Crippen molar-refractivity contribution in [2.75, 3.05) is 41.7 Å². The van der Waals surface area contributed by atoms with E-state index in [4.69, 9.17) is 4.98 Å². The summed E-state index contributed by atoms with van der Waals surface area (Å²) in [5.41, 5.74) is 1.96. The Hall–Kier alpha value is -4.51. The highest BCUT2D eigenvalue weighted by Crippen LogP contribution is 2.32. The number of halogens is 3. The fourth-order valence-corrected chi connectivity index (χ4v) is 4.08. The maximum atomic E-state index is 13.2. The minimum absolute atomic E-state index is 0.315. The van der Waals surface area contributed by atoms with Gasteiger partial charge in [-0.2, -0.15) is 13.2 Å². The molecule has 1 aliphatic heterocycles. The summed E-state index contributed by atoms with van der Waals surface area (Å²) in [5, 5.41) is 9.61. The molecule has 11 heteroatoms. The van der Waals surface area contributed by atoms with Gasteiger partial charge in [-0.3, -0.25) is 4.98 Å². The lowest BCUT2D eigenvalue weighted by molar-refractivity contribution is -0.137. The molecule has 1 saturated heterocycles. The predicted octanol–water partition coefficient (Wildman–Crippen LogP) is 5.19. The van der Waals surface area contributed by atoms with Gasteiger partial charge in [-0.1, -0.05) is 18.7 Å². The second-order valence-corrected chi connectivity index (χ2v) is 8.66. The van der Waals surface area contributed by atoms with E-state index < -0.39 is 11.7 Å². The van der Waals surface area contributed by atoms with Crippen molar-refractivity contribution in [3.05, 3.63) is 91.0 Å². The molecule has 0 spiro atoms. The summed E-state index contributed by atoms with van der Waals surface area (Å²) in [6.07, 6.45) is 1.99. The molecular formula is C27H25F3N8. The summed E-state index contributed by atoms with van der Waals surface area (Å²) in [4.78, 5) is 19.8. The van der Waals surface area contributed by atoms with E-state index in [9.17, 15) is 13.2 Å². The van der Waals surface area contributed by atoms with Crippen LogP contribution < -0.4 is 20.9 Å². The number of alkyl halides is 3. The van der Waals surface area contributed by atoms with E-state index in [1.165, 1.54) is 6.07 Å². The topological polar surface area (TPSA) is 90.9 Å². The van der Waals surface area contributed by atoms with Crippen LogP contribution in [0.15, 0.2) is 79.9 Å². The molecule has 0 saturated carbocycles. The second-order valence-electron chi connectivity index (χ2n) is 8.66. The second kappa shape index (κ2) is 10.9. The number of nitrogens with zero attached hydrogens (tertiary/aromatic N) is 5. The Morgan fingerprint density at radius 1 is 0.947 bits per heavy atom. The molecule has 0 atom stereocenters. The van der Waals surface area contributed by atoms with Gasteiger partial charge in [0, 0.05) is 67.8 Å². The third kappa shape index (κ3) is 6.06. The molecule has 38 heavy (non-hydrogen) atoms. The average molecular weight is 519 g/mol. The number of anilines is 4. The first-order valence-electron chi connectivity index (χ1n) is 12.0. The number of pyridine rings is 2. The van der Waals surface area contributed by atoms with Gasteiger partial charge in [-0.05, 0) is 35.9 Å². The molecule has 0 amide bonds. The Kier molecular flexibility index (Phi) is 7.18. The van der Waals surface area contributed by atoms with Crippen LogP contribution in [0.1, 0.15) is 11.1 Å². The maximum absolute atomic E-state index is 13.2. The molecule has 194 valence electrons. The number of rotatable bonds is 7. The summed E-state index contributed by atoms with van der Waals surface area (Å²) < 4.78 is 39.7. The third-order valence-electron chi connectivity index (χ3n) is 5.96. The van der Waals surface area contributed by atoms with Crippen LogP contribution in [0.3, 0.4) is 0 Å². The summed E-state index contributed by atoms with van der Waals surface area (Å²) in [5.74, 6) is 1.82. The van der Waals surface area contributed by atoms with Gasteiger partial charge in [-0.25, -0.2) is 15.0 Å². The van der Waals surface area contributed by atoms with Crippen molar-refractivity contribution in [2.24, 2.45) is 0 Å². The van der Waals surface area contributed by atoms with Crippen LogP contribution in [0.25, 0.3) is 17.0 Å². The van der Waals surface area contributed by atoms with E-state index in [1.807, 2.05) is 18.2 Å². The van der Waals surface area contributed by atoms with Gasteiger partial charge in [-0.15, -0.1) is 0 Å². The van der Waals surface area contributed by atoms with E-state index in [0.29, 0.717) is 34.3 Å². The van der Waals surface area contributed by atoms with Gasteiger partial charge < -0.3 is 20.9 Å². The van der Waals surface area contributed by atoms with Crippen LogP contribution in [0, 0.1) is 0 Å². The van der Waals surface area contributed by atoms with E-state index >= 15 is 0 Å². The smallest absolute Gasteiger partial charge is 0.355 e. The Bertz CT molecular complexity index is 1420. The fraction of sp³-hybridized carbons (Fsp3) is 0.185. The monoisotopic (exact) mass is 518 g/mol. The van der Waals surface area contributed by atoms with Crippen LogP contribution in [0.2, 0.25) is 0 Å². The molecule has 3 aromatic heterocycles. The van der Waals surface area contributed by atoms with E-state index in [2.05, 4.69) is 42.4 Å². The van der Waals surface area contributed by atoms with Crippen molar-refractivity contribution in [3.8, 4) is 11.3 Å². The lowest BCUT2D eigenvalue weighted by Gasteiger charge is -2.28. The van der Waals surface area contributed by atoms with Gasteiger partial charge >= 0.3 is 6.18 Å². The molecule has 0 unspecified atom stereocenters. The highest BCUT2D eigenvalue weighted by molar-refractivity contribution is 5.79. The largest absolute Gasteiger partial charge is 0.416 e. The SMILES string of the molecule is C=C(Nc1cc(Nc2cnccn2)nc(-c2ccnc(N3CCNCC3)c2)c1)c1cccc(C(F)(F)F)c1. The van der Waals surface area contributed by atoms with E-state index in [0.717, 1.165) is 49.7 Å². The molecule has 8 nitrogen and oxygen atoms in total. The van der Waals surface area contributed by atoms with Crippen LogP contribution in [-0.2, 0) is 6.18 Å². The normalized spacial score (nSPS) is 13.7. The zero-order valence-electron chi connectivity index (χ0n) is 20.3. The molecule has 0 aliphatic carbocycles. The Labute approximate surface area is 217 Å². The number of aromatic nitrogens is 4. The molecule has 0 bridgehead atoms. The molecule has 0 radical (unpaired) electrons. The van der Waals surface area contributed by atoms with Gasteiger partial charge in [0.05, 0.1) is 17.5 Å². The van der Waals surface area contributed by atoms with Gasteiger partial charge in [0.15, 0.2) is 0 Å². The number of benzene rings is 1. The van der Waals surface area contributed by atoms with Crippen molar-refractivity contribution in [1.82, 2.24) is 25.3 Å². The molecule has 1 fully saturated rings. The molecule has 4 heterocycles. The Morgan fingerprint density at radius 3 is 2.55 bits per heavy atom. The number of piperazine rings is 1. The Morgan fingerprint density at radius 2 is 1.79 bits per heavy atom. The zero-order valence-corrected chi connectivity index (χ0v) is 20.3. The molecule has 1 aliphatic rings. The summed E-state index contributed by atoms with van der Waals surface area (Å²) in [6, 6.07) is 12.4. The number of nitrogens with one attached hydrogen (secondary N) is 3. The molecule has 4 aromatic rings. The first-order valence-corrected chi connectivity index (χ1v) is 12.0. The molecule has 1 aromatic carbocycles. The first-order chi connectivity index (χ1) is 18.3. The van der Waals surface area contributed by atoms with Crippen molar-refractivity contribution >= 4 is 28.8 Å². The lowest BCUT2D eigenvalue weighted by Crippen LogP contribution is -2.43. The lowest BCUT2D eigenvalue weighted by atomic mass is 10.1. The standard InChI is InChI=1S/C27H25F3N8/c1-18(19-3-2-4-21(13-19)27(28,29)30)35-22-15-23(36-24(16-22)37-25-17-32-7-8-33-25)20-5-6-34-26(14-20)38-11-9-31-10-12-38/h2-8,13-17,31H,1,9-12H2,(H2,33,35,36,37). The van der Waals surface area contributed by atoms with Crippen molar-refractivity contribution in [3.63, 3.8) is 0 Å². The van der Waals surface area contributed by atoms with Crippen molar-refractivity contribution < 1.29 is 13.2 Å². The van der Waals surface area contributed by atoms with Crippen LogP contribution in [0.4, 0.5) is 36.3 Å². The van der Waals surface area contributed by atoms with Crippen molar-refractivity contribution in [1.29, 1.82) is 0 Å². The molecular weight excluding hydrogens is 493 g/mol. The highest BCUT2D eigenvalue weighted by atomic mass is 19.4. The molecule has 3 N–H and O–H groups in total. The van der Waals surface area contributed by atoms with Crippen molar-refractivity contribution in [2.45, 2.75) is 6.18 Å². The number of hydrogen-bond acceptors (Lipinski definition) is 8. The minimum Gasteiger partial charge on any atom is -0.355 e. The van der Waals surface area contributed by atoms with Crippen LogP contribution in [-0.4, -0.2) is 46.1 Å². The zero-order chi connectivity index (χ0) is 26.5. The van der Waals surface area contributed by atoms with Crippen LogP contribution >= 0.6 is 0 Å². The predicted molar refractivity (Wildman–Crippen MR) is 142 cm³/mol. The van der Waals surface area contributed by atoms with Gasteiger partial charge in [0.2, 0.25) is 0 Å². The van der Waals surface area contributed by atoms with Crippen LogP contribution in [0.5, 0.6) is 0 Å². The summed E-state index contributed by atoms with van der Waals surface area (Å²) in [6.45, 7) is 7.43. The van der Waals surface area contributed by atoms with Gasteiger partial charge in [0.1, 0.15) is 17.5 Å². The number of hydrogen-bond donors (Lipinski definition) is 3. The van der Waals surface area contributed by atoms with Gasteiger partial charge in [0.25, 0.3) is 0 Å². The maximum Gasteiger partial charge on any atom is 0.416 e. The summed E-state index contributed by atoms with van der Waals surface area (Å²) >= 11 is 0. The Balaban J connectivity index is 1.48. The summed E-state index contributed by atoms with van der Waals surface area (Å²) in [7, 11) is 0. The van der Waals surface area contributed by atoms with E-state index in [-0.39, 0.29) is 0 Å². The fourth-order valence-electron chi connectivity index (χ4n) is 4.08. The van der Waals surface area contributed by atoms with E-state index in [1.54, 1.807) is 36.9 Å².